The minimum Gasteiger partial charge on any atom is -0.442 e. The number of nitrogens with zero attached hydrogens (tertiary/aromatic N) is 2. The van der Waals surface area contributed by atoms with Crippen molar-refractivity contribution >= 4 is 35.1 Å². The number of hydrogen-bond donors (Lipinski definition) is 3. The van der Waals surface area contributed by atoms with Crippen molar-refractivity contribution in [2.75, 3.05) is 30.0 Å². The van der Waals surface area contributed by atoms with Crippen LogP contribution in [0.25, 0.3) is 11.1 Å². The van der Waals surface area contributed by atoms with Gasteiger partial charge in [-0.3, -0.25) is 9.69 Å². The second kappa shape index (κ2) is 11.4. The number of rotatable bonds is 9. The summed E-state index contributed by atoms with van der Waals surface area (Å²) < 4.78 is 20.2. The van der Waals surface area contributed by atoms with Crippen LogP contribution in [-0.4, -0.2) is 42.4 Å². The third-order valence-electron chi connectivity index (χ3n) is 5.76. The van der Waals surface area contributed by atoms with Gasteiger partial charge < -0.3 is 21.1 Å². The molecule has 36 heavy (non-hydrogen) atoms. The lowest BCUT2D eigenvalue weighted by Crippen LogP contribution is -2.33. The molecule has 188 valence electrons. The van der Waals surface area contributed by atoms with Gasteiger partial charge in [-0.2, -0.15) is 0 Å². The van der Waals surface area contributed by atoms with Crippen molar-refractivity contribution in [2.24, 2.45) is 0 Å². The molecule has 3 aromatic rings. The van der Waals surface area contributed by atoms with Gasteiger partial charge in [-0.15, -0.1) is 11.8 Å². The van der Waals surface area contributed by atoms with Crippen molar-refractivity contribution < 1.29 is 18.7 Å². The molecule has 0 radical (unpaired) electrons. The van der Waals surface area contributed by atoms with E-state index in [1.807, 2.05) is 42.7 Å². The van der Waals surface area contributed by atoms with Crippen molar-refractivity contribution in [2.45, 2.75) is 31.1 Å². The molecular formula is C26H28FN5O3S. The van der Waals surface area contributed by atoms with Crippen molar-refractivity contribution in [1.82, 2.24) is 15.6 Å². The van der Waals surface area contributed by atoms with E-state index >= 15 is 0 Å². The van der Waals surface area contributed by atoms with Crippen LogP contribution in [0.3, 0.4) is 0 Å². The fourth-order valence-electron chi connectivity index (χ4n) is 3.89. The lowest BCUT2D eigenvalue weighted by atomic mass is 10.0. The summed E-state index contributed by atoms with van der Waals surface area (Å²) in [6, 6.07) is 16.1. The number of nitrogen functional groups attached to an aromatic ring is 1. The van der Waals surface area contributed by atoms with E-state index in [0.717, 1.165) is 21.8 Å². The summed E-state index contributed by atoms with van der Waals surface area (Å²) in [5.74, 6) is -0.638. The molecule has 4 N–H and O–H groups in total. The molecule has 0 saturated carbocycles. The van der Waals surface area contributed by atoms with Gasteiger partial charge >= 0.3 is 6.09 Å². The molecule has 0 aliphatic carbocycles. The van der Waals surface area contributed by atoms with Crippen LogP contribution in [0.5, 0.6) is 0 Å². The van der Waals surface area contributed by atoms with Gasteiger partial charge in [0.1, 0.15) is 16.9 Å². The van der Waals surface area contributed by atoms with E-state index in [9.17, 15) is 14.0 Å². The van der Waals surface area contributed by atoms with E-state index in [-0.39, 0.29) is 19.0 Å². The average molecular weight is 510 g/mol. The number of ether oxygens (including phenoxy) is 1. The zero-order chi connectivity index (χ0) is 25.7. The highest BCUT2D eigenvalue weighted by Crippen LogP contribution is 2.29. The van der Waals surface area contributed by atoms with E-state index in [1.165, 1.54) is 29.7 Å². The highest BCUT2D eigenvalue weighted by molar-refractivity contribution is 7.98. The Kier molecular flexibility index (Phi) is 8.07. The fourth-order valence-corrected chi connectivity index (χ4v) is 4.40. The number of anilines is 2. The van der Waals surface area contributed by atoms with Crippen molar-refractivity contribution in [3.8, 4) is 11.1 Å². The first-order valence-corrected chi connectivity index (χ1v) is 12.7. The maximum absolute atomic E-state index is 15.0. The Bertz CT molecular complexity index is 1250. The first-order valence-electron chi connectivity index (χ1n) is 11.5. The molecule has 1 fully saturated rings. The number of nitrogens with one attached hydrogen (secondary N) is 2. The lowest BCUT2D eigenvalue weighted by molar-refractivity contribution is -0.119. The number of thioether (sulfide) groups is 1. The van der Waals surface area contributed by atoms with Crippen LogP contribution >= 0.6 is 11.8 Å². The number of carbonyl (C=O) groups excluding carboxylic acids is 2. The number of halogens is 1. The number of amides is 2. The molecule has 1 aliphatic rings. The Hall–Kier alpha value is -3.63. The molecule has 1 atom stereocenters. The first-order chi connectivity index (χ1) is 17.3. The number of hydrogen-bond acceptors (Lipinski definition) is 7. The number of benzene rings is 2. The van der Waals surface area contributed by atoms with Crippen LogP contribution in [0.4, 0.5) is 20.6 Å². The Morgan fingerprint density at radius 1 is 1.19 bits per heavy atom. The highest BCUT2D eigenvalue weighted by Gasteiger charge is 2.32. The number of nitrogens with two attached hydrogens (primary N) is 1. The van der Waals surface area contributed by atoms with E-state index in [2.05, 4.69) is 15.6 Å². The van der Waals surface area contributed by atoms with Crippen LogP contribution in [0, 0.1) is 5.82 Å². The predicted octanol–water partition coefficient (Wildman–Crippen LogP) is 3.94. The fraction of sp³-hybridized carbons (Fsp3) is 0.269. The van der Waals surface area contributed by atoms with Gasteiger partial charge in [0.15, 0.2) is 0 Å². The Morgan fingerprint density at radius 3 is 2.67 bits per heavy atom. The third kappa shape index (κ3) is 6.13. The molecule has 2 heterocycles. The molecule has 2 amide bonds. The Morgan fingerprint density at radius 2 is 1.97 bits per heavy atom. The molecule has 2 aromatic carbocycles. The maximum Gasteiger partial charge on any atom is 0.414 e. The molecule has 0 spiro atoms. The monoisotopic (exact) mass is 509 g/mol. The van der Waals surface area contributed by atoms with Gasteiger partial charge in [0, 0.05) is 25.6 Å². The molecule has 10 heteroatoms. The molecule has 0 bridgehead atoms. The van der Waals surface area contributed by atoms with Gasteiger partial charge in [0.2, 0.25) is 5.91 Å². The lowest BCUT2D eigenvalue weighted by Gasteiger charge is -2.15. The van der Waals surface area contributed by atoms with E-state index in [0.29, 0.717) is 30.0 Å². The predicted molar refractivity (Wildman–Crippen MR) is 139 cm³/mol. The molecule has 0 unspecified atom stereocenters. The van der Waals surface area contributed by atoms with Gasteiger partial charge in [0.05, 0.1) is 30.2 Å². The largest absolute Gasteiger partial charge is 0.442 e. The smallest absolute Gasteiger partial charge is 0.414 e. The summed E-state index contributed by atoms with van der Waals surface area (Å²) in [5, 5.41) is 6.80. The van der Waals surface area contributed by atoms with Crippen LogP contribution in [0.1, 0.15) is 18.2 Å². The maximum atomic E-state index is 15.0. The van der Waals surface area contributed by atoms with Gasteiger partial charge in [0.25, 0.3) is 0 Å². The SMILES string of the molecule is CSc1nc(CNCc2ccc(-c3ccc(N4C[C@H](CNC(C)=O)OC4=O)cc3F)cc2)ccc1N. The minimum atomic E-state index is -0.562. The summed E-state index contributed by atoms with van der Waals surface area (Å²) >= 11 is 1.52. The number of cyclic esters (lactones) is 1. The quantitative estimate of drug-likeness (QED) is 0.375. The van der Waals surface area contributed by atoms with Crippen LogP contribution in [0.2, 0.25) is 0 Å². The third-order valence-corrected chi connectivity index (χ3v) is 6.47. The van der Waals surface area contributed by atoms with E-state index < -0.39 is 18.0 Å². The van der Waals surface area contributed by atoms with Crippen LogP contribution in [0.15, 0.2) is 59.6 Å². The summed E-state index contributed by atoms with van der Waals surface area (Å²) in [6.45, 7) is 3.10. The summed E-state index contributed by atoms with van der Waals surface area (Å²) in [4.78, 5) is 29.2. The molecular weight excluding hydrogens is 481 g/mol. The van der Waals surface area contributed by atoms with Gasteiger partial charge in [-0.25, -0.2) is 14.2 Å². The molecule has 4 rings (SSSR count). The van der Waals surface area contributed by atoms with E-state index in [1.54, 1.807) is 12.1 Å². The zero-order valence-corrected chi connectivity index (χ0v) is 20.9. The van der Waals surface area contributed by atoms with Gasteiger partial charge in [-0.05, 0) is 47.7 Å². The summed E-state index contributed by atoms with van der Waals surface area (Å²) in [5.41, 5.74) is 10.1. The number of aromatic nitrogens is 1. The highest BCUT2D eigenvalue weighted by atomic mass is 32.2. The zero-order valence-electron chi connectivity index (χ0n) is 20.1. The molecule has 1 aliphatic heterocycles. The summed E-state index contributed by atoms with van der Waals surface area (Å²) in [7, 11) is 0. The van der Waals surface area contributed by atoms with Crippen LogP contribution < -0.4 is 21.3 Å². The number of pyridine rings is 1. The molecule has 1 aromatic heterocycles. The first kappa shape index (κ1) is 25.5. The standard InChI is InChI=1S/C26H28FN5O3S/c1-16(33)30-14-21-15-32(26(34)35-21)20-8-9-22(23(27)11-20)18-5-3-17(4-6-18)12-29-13-19-7-10-24(28)25(31-19)36-2/h3-11,21,29H,12-15,28H2,1-2H3,(H,30,33)/t21-/m0/s1. The number of carbonyl (C=O) groups is 2. The Labute approximate surface area is 213 Å². The van der Waals surface area contributed by atoms with Crippen molar-refractivity contribution in [3.63, 3.8) is 0 Å². The Balaban J connectivity index is 1.36. The minimum absolute atomic E-state index is 0.203. The normalized spacial score (nSPS) is 15.1. The molecule has 1 saturated heterocycles. The van der Waals surface area contributed by atoms with Crippen molar-refractivity contribution in [3.05, 3.63) is 71.7 Å². The average Bonchev–Trinajstić information content (AvgIpc) is 3.24. The second-order valence-corrected chi connectivity index (χ2v) is 9.21. The van der Waals surface area contributed by atoms with Crippen LogP contribution in [-0.2, 0) is 22.6 Å². The van der Waals surface area contributed by atoms with Gasteiger partial charge in [-0.1, -0.05) is 24.3 Å². The topological polar surface area (TPSA) is 110 Å². The van der Waals surface area contributed by atoms with E-state index in [4.69, 9.17) is 10.5 Å². The summed E-state index contributed by atoms with van der Waals surface area (Å²) in [6.07, 6.45) is 0.904. The second-order valence-electron chi connectivity index (χ2n) is 8.42. The van der Waals surface area contributed by atoms with Crippen molar-refractivity contribution in [1.29, 1.82) is 0 Å². The molecule has 8 nitrogen and oxygen atoms in total.